The first-order valence-electron chi connectivity index (χ1n) is 12.2. The predicted octanol–water partition coefficient (Wildman–Crippen LogP) is 7.41. The Kier molecular flexibility index (Phi) is 9.22. The second-order valence-corrected chi connectivity index (χ2v) is 12.1. The van der Waals surface area contributed by atoms with E-state index in [1.54, 1.807) is 16.7 Å². The Balaban J connectivity index is 1.31. The van der Waals surface area contributed by atoms with Gasteiger partial charge in [-0.1, -0.05) is 71.7 Å². The Bertz CT molecular complexity index is 1230. The Labute approximate surface area is 236 Å². The van der Waals surface area contributed by atoms with Crippen molar-refractivity contribution in [1.82, 2.24) is 9.80 Å². The summed E-state index contributed by atoms with van der Waals surface area (Å²) in [6.07, 6.45) is 0.324. The van der Waals surface area contributed by atoms with Gasteiger partial charge in [0.05, 0.1) is 13.2 Å². The molecule has 0 unspecified atom stereocenters. The summed E-state index contributed by atoms with van der Waals surface area (Å²) >= 11 is 11.3. The van der Waals surface area contributed by atoms with Crippen LogP contribution in [0.15, 0.2) is 82.2 Å². The molecule has 0 radical (unpaired) electrons. The topological polar surface area (TPSA) is 49.9 Å². The van der Waals surface area contributed by atoms with Crippen LogP contribution in [0.4, 0.5) is 4.79 Å². The largest absolute Gasteiger partial charge is 0.493 e. The van der Waals surface area contributed by atoms with Gasteiger partial charge >= 0.3 is 6.03 Å². The molecule has 1 saturated heterocycles. The fraction of sp³-hybridized carbons (Fsp3) is 0.310. The third-order valence-electron chi connectivity index (χ3n) is 6.29. The van der Waals surface area contributed by atoms with E-state index in [1.165, 1.54) is 4.90 Å². The summed E-state index contributed by atoms with van der Waals surface area (Å²) in [4.78, 5) is 30.2. The molecule has 0 spiro atoms. The second kappa shape index (κ2) is 12.4. The highest BCUT2D eigenvalue weighted by atomic mass is 79.9. The summed E-state index contributed by atoms with van der Waals surface area (Å²) in [6.45, 7) is 6.01. The zero-order valence-electron chi connectivity index (χ0n) is 21.0. The number of carbonyl (C=O) groups excluding carboxylic acids is 2. The minimum atomic E-state index is -0.271. The van der Waals surface area contributed by atoms with Gasteiger partial charge in [0.1, 0.15) is 5.75 Å². The molecule has 5 nitrogen and oxygen atoms in total. The number of halogens is 2. The van der Waals surface area contributed by atoms with Crippen molar-refractivity contribution in [2.24, 2.45) is 0 Å². The van der Waals surface area contributed by atoms with Crippen LogP contribution in [-0.2, 0) is 16.8 Å². The van der Waals surface area contributed by atoms with E-state index < -0.39 is 0 Å². The minimum absolute atomic E-state index is 0.139. The molecule has 0 aromatic heterocycles. The van der Waals surface area contributed by atoms with Gasteiger partial charge in [-0.25, -0.2) is 4.79 Å². The van der Waals surface area contributed by atoms with Crippen LogP contribution in [0.2, 0.25) is 5.02 Å². The van der Waals surface area contributed by atoms with Gasteiger partial charge in [0.2, 0.25) is 5.91 Å². The molecule has 4 rings (SSSR count). The van der Waals surface area contributed by atoms with Crippen LogP contribution in [0.3, 0.4) is 0 Å². The van der Waals surface area contributed by atoms with Gasteiger partial charge in [-0.15, -0.1) is 11.8 Å². The first-order valence-corrected chi connectivity index (χ1v) is 14.3. The fourth-order valence-corrected chi connectivity index (χ4v) is 6.02. The molecule has 1 heterocycles. The molecular formula is C29H30BrClN2O3S. The zero-order valence-corrected chi connectivity index (χ0v) is 24.1. The average molecular weight is 602 g/mol. The third kappa shape index (κ3) is 7.30. The number of amides is 3. The van der Waals surface area contributed by atoms with Crippen molar-refractivity contribution in [3.8, 4) is 5.75 Å². The smallest absolute Gasteiger partial charge is 0.327 e. The molecule has 194 valence electrons. The van der Waals surface area contributed by atoms with Crippen molar-refractivity contribution in [2.75, 3.05) is 25.4 Å². The second-order valence-electron chi connectivity index (χ2n) is 9.59. The quantitative estimate of drug-likeness (QED) is 0.179. The summed E-state index contributed by atoms with van der Waals surface area (Å²) in [5.74, 6) is 1.43. The van der Waals surface area contributed by atoms with Crippen molar-refractivity contribution in [1.29, 1.82) is 0 Å². The van der Waals surface area contributed by atoms with Crippen molar-refractivity contribution < 1.29 is 14.3 Å². The third-order valence-corrected chi connectivity index (χ3v) is 8.21. The van der Waals surface area contributed by atoms with Gasteiger partial charge in [-0.05, 0) is 53.6 Å². The normalized spacial score (nSPS) is 14.3. The molecule has 3 amide bonds. The van der Waals surface area contributed by atoms with Gasteiger partial charge in [-0.3, -0.25) is 9.69 Å². The van der Waals surface area contributed by atoms with E-state index >= 15 is 0 Å². The van der Waals surface area contributed by atoms with Gasteiger partial charge in [0.15, 0.2) is 0 Å². The molecule has 0 aliphatic carbocycles. The van der Waals surface area contributed by atoms with E-state index in [1.807, 2.05) is 66.7 Å². The van der Waals surface area contributed by atoms with E-state index in [0.29, 0.717) is 26.1 Å². The number of carbonyl (C=O) groups is 2. The van der Waals surface area contributed by atoms with Crippen LogP contribution in [0.1, 0.15) is 31.4 Å². The van der Waals surface area contributed by atoms with Gasteiger partial charge in [-0.2, -0.15) is 0 Å². The monoisotopic (exact) mass is 600 g/mol. The van der Waals surface area contributed by atoms with E-state index in [-0.39, 0.29) is 23.9 Å². The summed E-state index contributed by atoms with van der Waals surface area (Å²) in [7, 11) is 0. The fourth-order valence-electron chi connectivity index (χ4n) is 4.34. The van der Waals surface area contributed by atoms with Crippen LogP contribution in [-0.4, -0.2) is 47.2 Å². The predicted molar refractivity (Wildman–Crippen MR) is 153 cm³/mol. The first kappa shape index (κ1) is 27.6. The summed E-state index contributed by atoms with van der Waals surface area (Å²) < 4.78 is 6.87. The maximum absolute atomic E-state index is 13.3. The lowest BCUT2D eigenvalue weighted by Crippen LogP contribution is -2.54. The number of imide groups is 1. The number of hydrogen-bond donors (Lipinski definition) is 0. The highest BCUT2D eigenvalue weighted by Crippen LogP contribution is 2.32. The van der Waals surface area contributed by atoms with E-state index in [0.717, 1.165) is 37.0 Å². The van der Waals surface area contributed by atoms with E-state index in [2.05, 4.69) is 35.8 Å². The number of urea groups is 1. The molecule has 3 aromatic carbocycles. The molecule has 1 fully saturated rings. The molecule has 3 aromatic rings. The highest BCUT2D eigenvalue weighted by molar-refractivity contribution is 9.10. The standard InChI is InChI=1S/C29H30BrClN2O3S/c1-29(2,25-5-3-4-6-26(25)30)20-32-16-15-27(34)33(28(32)35)19-21-7-11-23(12-8-21)36-17-18-37-24-13-9-22(31)10-14-24/h3-14H,15-20H2,1-2H3. The lowest BCUT2D eigenvalue weighted by Gasteiger charge is -2.39. The number of nitrogens with zero attached hydrogens (tertiary/aromatic N) is 2. The van der Waals surface area contributed by atoms with Crippen LogP contribution in [0.5, 0.6) is 5.75 Å². The SMILES string of the molecule is CC(C)(CN1CCC(=O)N(Cc2ccc(OCCSc3ccc(Cl)cc3)cc2)C1=O)c1ccccc1Br. The molecule has 8 heteroatoms. The summed E-state index contributed by atoms with van der Waals surface area (Å²) in [5.41, 5.74) is 1.75. The maximum atomic E-state index is 13.3. The maximum Gasteiger partial charge on any atom is 0.327 e. The Hall–Kier alpha value is -2.48. The van der Waals surface area contributed by atoms with Crippen LogP contribution < -0.4 is 4.74 Å². The number of thioether (sulfide) groups is 1. The number of ether oxygens (including phenoxy) is 1. The molecule has 1 aliphatic heterocycles. The van der Waals surface area contributed by atoms with Crippen molar-refractivity contribution in [2.45, 2.75) is 37.1 Å². The van der Waals surface area contributed by atoms with Crippen LogP contribution >= 0.6 is 39.3 Å². The van der Waals surface area contributed by atoms with Crippen molar-refractivity contribution in [3.05, 3.63) is 93.4 Å². The van der Waals surface area contributed by atoms with E-state index in [9.17, 15) is 9.59 Å². The van der Waals surface area contributed by atoms with Gasteiger partial charge in [0.25, 0.3) is 0 Å². The lowest BCUT2D eigenvalue weighted by molar-refractivity contribution is -0.131. The Morgan fingerprint density at radius 3 is 2.41 bits per heavy atom. The molecule has 0 atom stereocenters. The average Bonchev–Trinajstić information content (AvgIpc) is 2.88. The number of rotatable bonds is 10. The molecular weight excluding hydrogens is 572 g/mol. The molecule has 37 heavy (non-hydrogen) atoms. The summed E-state index contributed by atoms with van der Waals surface area (Å²) in [5, 5.41) is 0.727. The Morgan fingerprint density at radius 2 is 1.70 bits per heavy atom. The van der Waals surface area contributed by atoms with E-state index in [4.69, 9.17) is 16.3 Å². The van der Waals surface area contributed by atoms with Gasteiger partial charge < -0.3 is 9.64 Å². The summed E-state index contributed by atoms with van der Waals surface area (Å²) in [6, 6.07) is 23.2. The number of benzene rings is 3. The lowest BCUT2D eigenvalue weighted by atomic mass is 9.84. The first-order chi connectivity index (χ1) is 17.7. The number of hydrogen-bond acceptors (Lipinski definition) is 4. The molecule has 0 N–H and O–H groups in total. The van der Waals surface area contributed by atoms with Crippen LogP contribution in [0, 0.1) is 0 Å². The van der Waals surface area contributed by atoms with Crippen molar-refractivity contribution in [3.63, 3.8) is 0 Å². The Morgan fingerprint density at radius 1 is 1.00 bits per heavy atom. The molecule has 1 aliphatic rings. The minimum Gasteiger partial charge on any atom is -0.493 e. The molecule has 0 saturated carbocycles. The van der Waals surface area contributed by atoms with Gasteiger partial charge in [0, 0.05) is 45.1 Å². The highest BCUT2D eigenvalue weighted by Gasteiger charge is 2.36. The zero-order chi connectivity index (χ0) is 26.4. The van der Waals surface area contributed by atoms with Crippen molar-refractivity contribution >= 4 is 51.2 Å². The molecule has 0 bridgehead atoms. The van der Waals surface area contributed by atoms with Crippen LogP contribution in [0.25, 0.3) is 0 Å².